The van der Waals surface area contributed by atoms with E-state index in [4.69, 9.17) is 5.10 Å². The Labute approximate surface area is 176 Å². The van der Waals surface area contributed by atoms with Gasteiger partial charge in [0.15, 0.2) is 0 Å². The normalized spacial score (nSPS) is 15.5. The average molecular weight is 393 g/mol. The van der Waals surface area contributed by atoms with E-state index in [2.05, 4.69) is 55.6 Å². The van der Waals surface area contributed by atoms with Gasteiger partial charge in [-0.25, -0.2) is 4.68 Å². The summed E-state index contributed by atoms with van der Waals surface area (Å²) in [7, 11) is 0. The van der Waals surface area contributed by atoms with Gasteiger partial charge in [-0.3, -0.25) is 4.79 Å². The van der Waals surface area contributed by atoms with E-state index >= 15 is 0 Å². The molecule has 4 aromatic rings. The topological polar surface area (TPSA) is 46.9 Å². The Bertz CT molecular complexity index is 1220. The highest BCUT2D eigenvalue weighted by molar-refractivity contribution is 5.96. The summed E-state index contributed by atoms with van der Waals surface area (Å²) in [6, 6.07) is 26.7. The molecule has 0 fully saturated rings. The summed E-state index contributed by atoms with van der Waals surface area (Å²) in [6.45, 7) is 4.17. The number of benzene rings is 3. The van der Waals surface area contributed by atoms with Crippen molar-refractivity contribution >= 4 is 11.7 Å². The summed E-state index contributed by atoms with van der Waals surface area (Å²) in [6.07, 6.45) is 0.414. The van der Waals surface area contributed by atoms with Crippen LogP contribution in [0.15, 0.2) is 78.9 Å². The molecule has 3 aromatic carbocycles. The molecule has 1 atom stereocenters. The van der Waals surface area contributed by atoms with E-state index in [9.17, 15) is 4.79 Å². The third-order valence-electron chi connectivity index (χ3n) is 5.81. The van der Waals surface area contributed by atoms with E-state index in [1.54, 1.807) is 0 Å². The molecule has 1 aromatic heterocycles. The predicted octanol–water partition coefficient (Wildman–Crippen LogP) is 5.63. The second-order valence-corrected chi connectivity index (χ2v) is 7.89. The molecule has 0 radical (unpaired) electrons. The number of rotatable bonds is 3. The maximum Gasteiger partial charge on any atom is 0.226 e. The molecule has 1 unspecified atom stereocenters. The molecule has 1 amide bonds. The smallest absolute Gasteiger partial charge is 0.226 e. The Morgan fingerprint density at radius 3 is 2.33 bits per heavy atom. The lowest BCUT2D eigenvalue weighted by Gasteiger charge is -2.26. The van der Waals surface area contributed by atoms with Crippen LogP contribution in [0.3, 0.4) is 0 Å². The van der Waals surface area contributed by atoms with Crippen molar-refractivity contribution in [1.82, 2.24) is 9.78 Å². The fraction of sp³-hybridized carbons (Fsp3) is 0.154. The number of amides is 1. The van der Waals surface area contributed by atoms with Crippen molar-refractivity contribution in [3.8, 4) is 16.9 Å². The molecule has 30 heavy (non-hydrogen) atoms. The van der Waals surface area contributed by atoms with Crippen LogP contribution in [-0.2, 0) is 4.79 Å². The van der Waals surface area contributed by atoms with Gasteiger partial charge in [0.2, 0.25) is 5.91 Å². The van der Waals surface area contributed by atoms with Gasteiger partial charge in [-0.15, -0.1) is 0 Å². The largest absolute Gasteiger partial charge is 0.310 e. The first-order chi connectivity index (χ1) is 14.6. The van der Waals surface area contributed by atoms with Crippen molar-refractivity contribution in [2.75, 3.05) is 5.32 Å². The number of nitrogens with one attached hydrogen (secondary N) is 1. The highest BCUT2D eigenvalue weighted by Crippen LogP contribution is 2.44. The summed E-state index contributed by atoms with van der Waals surface area (Å²) in [5.41, 5.74) is 7.53. The number of fused-ring (bicyclic) bond motifs is 1. The van der Waals surface area contributed by atoms with Gasteiger partial charge in [0.05, 0.1) is 11.4 Å². The van der Waals surface area contributed by atoms with Crippen molar-refractivity contribution in [1.29, 1.82) is 0 Å². The van der Waals surface area contributed by atoms with Crippen molar-refractivity contribution in [2.45, 2.75) is 26.2 Å². The van der Waals surface area contributed by atoms with E-state index in [-0.39, 0.29) is 11.8 Å². The van der Waals surface area contributed by atoms with Gasteiger partial charge in [-0.2, -0.15) is 5.10 Å². The molecule has 1 aliphatic heterocycles. The number of hydrogen-bond acceptors (Lipinski definition) is 2. The fourth-order valence-electron chi connectivity index (χ4n) is 4.28. The van der Waals surface area contributed by atoms with Gasteiger partial charge < -0.3 is 5.32 Å². The predicted molar refractivity (Wildman–Crippen MR) is 120 cm³/mol. The SMILES string of the molecule is Cc1ccc(-n2nc(-c3ccccc3)c3c2NC(=O)CC3c2ccccc2C)cc1. The highest BCUT2D eigenvalue weighted by atomic mass is 16.1. The zero-order chi connectivity index (χ0) is 20.7. The molecule has 5 rings (SSSR count). The lowest BCUT2D eigenvalue weighted by Crippen LogP contribution is -2.25. The fourth-order valence-corrected chi connectivity index (χ4v) is 4.28. The molecule has 1 aliphatic rings. The number of hydrogen-bond donors (Lipinski definition) is 1. The molecular formula is C26H23N3O. The lowest BCUT2D eigenvalue weighted by molar-refractivity contribution is -0.116. The maximum atomic E-state index is 12.8. The minimum Gasteiger partial charge on any atom is -0.310 e. The molecule has 1 N–H and O–H groups in total. The Kier molecular flexibility index (Phi) is 4.47. The van der Waals surface area contributed by atoms with Gasteiger partial charge in [0.25, 0.3) is 0 Å². The number of carbonyl (C=O) groups excluding carboxylic acids is 1. The number of aromatic nitrogens is 2. The van der Waals surface area contributed by atoms with Crippen molar-refractivity contribution in [3.05, 3.63) is 101 Å². The van der Waals surface area contributed by atoms with Crippen LogP contribution in [0.25, 0.3) is 16.9 Å². The number of anilines is 1. The zero-order valence-corrected chi connectivity index (χ0v) is 17.1. The monoisotopic (exact) mass is 393 g/mol. The van der Waals surface area contributed by atoms with Crippen LogP contribution in [0, 0.1) is 13.8 Å². The molecule has 0 saturated carbocycles. The lowest BCUT2D eigenvalue weighted by atomic mass is 9.82. The Hall–Kier alpha value is -3.66. The van der Waals surface area contributed by atoms with Crippen LogP contribution in [0.2, 0.25) is 0 Å². The third kappa shape index (κ3) is 3.11. The summed E-state index contributed by atoms with van der Waals surface area (Å²) < 4.78 is 1.87. The van der Waals surface area contributed by atoms with E-state index < -0.39 is 0 Å². The molecule has 4 nitrogen and oxygen atoms in total. The van der Waals surface area contributed by atoms with Gasteiger partial charge >= 0.3 is 0 Å². The first kappa shape index (κ1) is 18.4. The van der Waals surface area contributed by atoms with Gasteiger partial charge in [-0.1, -0.05) is 72.3 Å². The molecule has 4 heteroatoms. The molecule has 0 spiro atoms. The van der Waals surface area contributed by atoms with Crippen molar-refractivity contribution in [2.24, 2.45) is 0 Å². The number of aryl methyl sites for hydroxylation is 2. The van der Waals surface area contributed by atoms with E-state index in [1.807, 2.05) is 47.1 Å². The van der Waals surface area contributed by atoms with E-state index in [1.165, 1.54) is 16.7 Å². The second kappa shape index (κ2) is 7.30. The van der Waals surface area contributed by atoms with Crippen LogP contribution in [-0.4, -0.2) is 15.7 Å². The first-order valence-corrected chi connectivity index (χ1v) is 10.2. The molecule has 2 heterocycles. The van der Waals surface area contributed by atoms with Crippen LogP contribution in [0.5, 0.6) is 0 Å². The number of carbonyl (C=O) groups is 1. The Morgan fingerprint density at radius 1 is 0.900 bits per heavy atom. The average Bonchev–Trinajstić information content (AvgIpc) is 3.14. The minimum atomic E-state index is -0.0376. The summed E-state index contributed by atoms with van der Waals surface area (Å²) in [5, 5.41) is 8.12. The standard InChI is InChI=1S/C26H23N3O/c1-17-12-14-20(15-13-17)29-26-24(25(28-29)19-9-4-3-5-10-19)22(16-23(30)27-26)21-11-7-6-8-18(21)2/h3-15,22H,16H2,1-2H3,(H,27,30). The van der Waals surface area contributed by atoms with Gasteiger partial charge in [-0.05, 0) is 37.1 Å². The minimum absolute atomic E-state index is 0.0172. The van der Waals surface area contributed by atoms with E-state index in [0.717, 1.165) is 28.3 Å². The Balaban J connectivity index is 1.79. The second-order valence-electron chi connectivity index (χ2n) is 7.89. The summed E-state index contributed by atoms with van der Waals surface area (Å²) in [5.74, 6) is 0.746. The summed E-state index contributed by atoms with van der Waals surface area (Å²) >= 11 is 0. The highest BCUT2D eigenvalue weighted by Gasteiger charge is 2.34. The molecular weight excluding hydrogens is 370 g/mol. The Morgan fingerprint density at radius 2 is 1.60 bits per heavy atom. The van der Waals surface area contributed by atoms with Crippen LogP contribution >= 0.6 is 0 Å². The quantitative estimate of drug-likeness (QED) is 0.490. The zero-order valence-electron chi connectivity index (χ0n) is 17.1. The molecule has 0 aliphatic carbocycles. The first-order valence-electron chi connectivity index (χ1n) is 10.2. The molecule has 0 bridgehead atoms. The van der Waals surface area contributed by atoms with E-state index in [0.29, 0.717) is 6.42 Å². The molecule has 148 valence electrons. The maximum absolute atomic E-state index is 12.8. The van der Waals surface area contributed by atoms with Gasteiger partial charge in [0, 0.05) is 23.5 Å². The van der Waals surface area contributed by atoms with Crippen LogP contribution < -0.4 is 5.32 Å². The molecule has 0 saturated heterocycles. The summed E-state index contributed by atoms with van der Waals surface area (Å²) in [4.78, 5) is 12.8. The van der Waals surface area contributed by atoms with Crippen LogP contribution in [0.4, 0.5) is 5.82 Å². The van der Waals surface area contributed by atoms with Crippen LogP contribution in [0.1, 0.15) is 34.6 Å². The van der Waals surface area contributed by atoms with Crippen molar-refractivity contribution < 1.29 is 4.79 Å². The third-order valence-corrected chi connectivity index (χ3v) is 5.81. The van der Waals surface area contributed by atoms with Crippen molar-refractivity contribution in [3.63, 3.8) is 0 Å². The number of nitrogens with zero attached hydrogens (tertiary/aromatic N) is 2. The van der Waals surface area contributed by atoms with Gasteiger partial charge in [0.1, 0.15) is 5.82 Å².